The Morgan fingerprint density at radius 3 is 3.00 bits per heavy atom. The Balaban J connectivity index is 2.67. The van der Waals surface area contributed by atoms with Crippen LogP contribution in [0, 0.1) is 0 Å². The molecule has 0 radical (unpaired) electrons. The Morgan fingerprint density at radius 2 is 2.17 bits per heavy atom. The van der Waals surface area contributed by atoms with Gasteiger partial charge in [-0.1, -0.05) is 0 Å². The molecule has 60 valence electrons. The van der Waals surface area contributed by atoms with Gasteiger partial charge in [0, 0.05) is 6.07 Å². The Bertz CT molecular complexity index is 400. The van der Waals surface area contributed by atoms with Crippen LogP contribution >= 0.6 is 0 Å². The van der Waals surface area contributed by atoms with Crippen molar-refractivity contribution in [2.75, 3.05) is 5.43 Å². The number of nitrogen functional groups attached to an aromatic ring is 1. The lowest BCUT2D eigenvalue weighted by atomic mass is 10.4. The molecule has 2 aromatic heterocycles. The normalized spacial score (nSPS) is 10.1. The van der Waals surface area contributed by atoms with E-state index in [0.717, 1.165) is 0 Å². The first-order valence-corrected chi connectivity index (χ1v) is 3.30. The number of hydrazine groups is 1. The number of rotatable bonds is 1. The maximum Gasteiger partial charge on any atom is 0.164 e. The molecule has 0 fully saturated rings. The zero-order valence-corrected chi connectivity index (χ0v) is 6.10. The summed E-state index contributed by atoms with van der Waals surface area (Å²) in [5, 5.41) is 7.59. The molecule has 0 saturated carbocycles. The van der Waals surface area contributed by atoms with E-state index in [1.807, 2.05) is 0 Å². The van der Waals surface area contributed by atoms with Crippen LogP contribution in [0.1, 0.15) is 0 Å². The zero-order valence-electron chi connectivity index (χ0n) is 6.10. The first-order valence-electron chi connectivity index (χ1n) is 3.30. The van der Waals surface area contributed by atoms with Gasteiger partial charge in [-0.2, -0.15) is 0 Å². The number of nitrogens with two attached hydrogens (primary N) is 1. The van der Waals surface area contributed by atoms with Crippen molar-refractivity contribution in [2.24, 2.45) is 5.84 Å². The summed E-state index contributed by atoms with van der Waals surface area (Å²) >= 11 is 0. The highest BCUT2D eigenvalue weighted by molar-refractivity contribution is 5.74. The van der Waals surface area contributed by atoms with E-state index in [1.165, 1.54) is 6.33 Å². The summed E-state index contributed by atoms with van der Waals surface area (Å²) in [6, 6.07) is 1.70. The molecule has 0 amide bonds. The third kappa shape index (κ3) is 1.04. The topological polar surface area (TPSA) is 89.6 Å². The highest BCUT2D eigenvalue weighted by Crippen LogP contribution is 2.07. The van der Waals surface area contributed by atoms with Crippen molar-refractivity contribution in [1.82, 2.24) is 20.2 Å². The second-order valence-corrected chi connectivity index (χ2v) is 2.17. The fraction of sp³-hybridized carbons (Fsp3) is 0. The SMILES string of the molecule is NNc1cc2ncncc2nn1. The van der Waals surface area contributed by atoms with Crippen LogP contribution in [0.4, 0.5) is 5.82 Å². The zero-order chi connectivity index (χ0) is 8.39. The molecule has 3 N–H and O–H groups in total. The molecule has 2 rings (SSSR count). The fourth-order valence-electron chi connectivity index (χ4n) is 0.857. The van der Waals surface area contributed by atoms with Gasteiger partial charge in [-0.3, -0.25) is 0 Å². The van der Waals surface area contributed by atoms with Crippen LogP contribution in [0.15, 0.2) is 18.6 Å². The molecule has 0 unspecified atom stereocenters. The highest BCUT2D eigenvalue weighted by Gasteiger charge is 1.97. The Kier molecular flexibility index (Phi) is 1.52. The van der Waals surface area contributed by atoms with Crippen molar-refractivity contribution < 1.29 is 0 Å². The lowest BCUT2D eigenvalue weighted by Crippen LogP contribution is -2.09. The third-order valence-electron chi connectivity index (χ3n) is 1.41. The maximum atomic E-state index is 5.14. The average molecular weight is 162 g/mol. The van der Waals surface area contributed by atoms with Gasteiger partial charge in [0.25, 0.3) is 0 Å². The van der Waals surface area contributed by atoms with Gasteiger partial charge >= 0.3 is 0 Å². The van der Waals surface area contributed by atoms with Crippen molar-refractivity contribution in [2.45, 2.75) is 0 Å². The first kappa shape index (κ1) is 6.86. The number of nitrogens with zero attached hydrogens (tertiary/aromatic N) is 4. The molecule has 0 bridgehead atoms. The molecule has 2 aromatic rings. The van der Waals surface area contributed by atoms with Crippen molar-refractivity contribution in [3.05, 3.63) is 18.6 Å². The van der Waals surface area contributed by atoms with E-state index in [4.69, 9.17) is 5.84 Å². The molecule has 0 aliphatic carbocycles. The van der Waals surface area contributed by atoms with Gasteiger partial charge in [-0.05, 0) is 0 Å². The average Bonchev–Trinajstić information content (AvgIpc) is 2.17. The Hall–Kier alpha value is -1.82. The highest BCUT2D eigenvalue weighted by atomic mass is 15.3. The number of anilines is 1. The number of nitrogens with one attached hydrogen (secondary N) is 1. The Labute approximate surface area is 67.8 Å². The summed E-state index contributed by atoms with van der Waals surface area (Å²) in [4.78, 5) is 7.78. The maximum absolute atomic E-state index is 5.14. The number of fused-ring (bicyclic) bond motifs is 1. The van der Waals surface area contributed by atoms with E-state index < -0.39 is 0 Å². The second-order valence-electron chi connectivity index (χ2n) is 2.17. The van der Waals surface area contributed by atoms with Gasteiger partial charge < -0.3 is 5.43 Å². The van der Waals surface area contributed by atoms with Crippen LogP contribution in [-0.4, -0.2) is 20.2 Å². The van der Waals surface area contributed by atoms with Gasteiger partial charge in [0.05, 0.1) is 11.7 Å². The van der Waals surface area contributed by atoms with Crippen LogP contribution < -0.4 is 11.3 Å². The minimum absolute atomic E-state index is 0.487. The van der Waals surface area contributed by atoms with E-state index in [2.05, 4.69) is 25.6 Å². The fourth-order valence-corrected chi connectivity index (χ4v) is 0.857. The Morgan fingerprint density at radius 1 is 1.25 bits per heavy atom. The molecule has 12 heavy (non-hydrogen) atoms. The first-order chi connectivity index (χ1) is 5.90. The molecule has 0 aromatic carbocycles. The van der Waals surface area contributed by atoms with Gasteiger partial charge in [0.2, 0.25) is 0 Å². The van der Waals surface area contributed by atoms with Gasteiger partial charge in [-0.15, -0.1) is 10.2 Å². The number of aromatic nitrogens is 4. The molecule has 6 heteroatoms. The number of hydrogen-bond acceptors (Lipinski definition) is 6. The lowest BCUT2D eigenvalue weighted by molar-refractivity contribution is 1.04. The molecule has 0 aliphatic heterocycles. The van der Waals surface area contributed by atoms with Crippen LogP contribution in [-0.2, 0) is 0 Å². The van der Waals surface area contributed by atoms with E-state index >= 15 is 0 Å². The van der Waals surface area contributed by atoms with Crippen LogP contribution in [0.3, 0.4) is 0 Å². The summed E-state index contributed by atoms with van der Waals surface area (Å²) in [5.41, 5.74) is 3.75. The van der Waals surface area contributed by atoms with E-state index in [0.29, 0.717) is 16.9 Å². The van der Waals surface area contributed by atoms with Crippen LogP contribution in [0.25, 0.3) is 11.0 Å². The quantitative estimate of drug-likeness (QED) is 0.442. The summed E-state index contributed by atoms with van der Waals surface area (Å²) in [5.74, 6) is 5.63. The molecule has 0 atom stereocenters. The standard InChI is InChI=1S/C6H6N6/c7-10-6-1-4-5(11-12-6)2-8-3-9-4/h1-3H,7H2,(H,10,12). The summed E-state index contributed by atoms with van der Waals surface area (Å²) < 4.78 is 0. The molecule has 0 spiro atoms. The van der Waals surface area contributed by atoms with Gasteiger partial charge in [-0.25, -0.2) is 15.8 Å². The smallest absolute Gasteiger partial charge is 0.164 e. The molecule has 2 heterocycles. The van der Waals surface area contributed by atoms with E-state index in [1.54, 1.807) is 12.3 Å². The minimum atomic E-state index is 0.487. The van der Waals surface area contributed by atoms with Crippen molar-refractivity contribution >= 4 is 16.9 Å². The van der Waals surface area contributed by atoms with Gasteiger partial charge in [0.15, 0.2) is 5.82 Å². The summed E-state index contributed by atoms with van der Waals surface area (Å²) in [7, 11) is 0. The molecule has 0 saturated heterocycles. The lowest BCUT2D eigenvalue weighted by Gasteiger charge is -1.97. The monoisotopic (exact) mass is 162 g/mol. The van der Waals surface area contributed by atoms with Crippen molar-refractivity contribution in [1.29, 1.82) is 0 Å². The molecule has 6 nitrogen and oxygen atoms in total. The van der Waals surface area contributed by atoms with Crippen LogP contribution in [0.2, 0.25) is 0 Å². The largest absolute Gasteiger partial charge is 0.307 e. The third-order valence-corrected chi connectivity index (χ3v) is 1.41. The van der Waals surface area contributed by atoms with E-state index in [-0.39, 0.29) is 0 Å². The minimum Gasteiger partial charge on any atom is -0.307 e. The molecule has 0 aliphatic rings. The van der Waals surface area contributed by atoms with Crippen molar-refractivity contribution in [3.8, 4) is 0 Å². The predicted octanol–water partition coefficient (Wildman–Crippen LogP) is -0.295. The predicted molar refractivity (Wildman–Crippen MR) is 42.9 cm³/mol. The molecular formula is C6H6N6. The van der Waals surface area contributed by atoms with E-state index in [9.17, 15) is 0 Å². The van der Waals surface area contributed by atoms with Crippen molar-refractivity contribution in [3.63, 3.8) is 0 Å². The molecular weight excluding hydrogens is 156 g/mol. The van der Waals surface area contributed by atoms with Gasteiger partial charge in [0.1, 0.15) is 11.8 Å². The van der Waals surface area contributed by atoms with Crippen LogP contribution in [0.5, 0.6) is 0 Å². The summed E-state index contributed by atoms with van der Waals surface area (Å²) in [6.45, 7) is 0. The number of hydrogen-bond donors (Lipinski definition) is 2. The second kappa shape index (κ2) is 2.67. The summed E-state index contributed by atoms with van der Waals surface area (Å²) in [6.07, 6.45) is 3.04.